The van der Waals surface area contributed by atoms with E-state index in [4.69, 9.17) is 9.47 Å². The molecule has 6 heteroatoms. The summed E-state index contributed by atoms with van der Waals surface area (Å²) < 4.78 is 11.7. The summed E-state index contributed by atoms with van der Waals surface area (Å²) in [6.07, 6.45) is 1.42. The van der Waals surface area contributed by atoms with Gasteiger partial charge in [-0.25, -0.2) is 0 Å². The Labute approximate surface area is 145 Å². The second-order valence-corrected chi connectivity index (χ2v) is 9.38. The maximum absolute atomic E-state index is 12.9. The van der Waals surface area contributed by atoms with E-state index in [2.05, 4.69) is 6.58 Å². The molecule has 25 heavy (non-hydrogen) atoms. The number of aliphatic hydroxyl groups is 1. The van der Waals surface area contributed by atoms with Crippen LogP contribution in [0.3, 0.4) is 0 Å². The van der Waals surface area contributed by atoms with Crippen molar-refractivity contribution in [1.82, 2.24) is 0 Å². The molecule has 2 N–H and O–H groups in total. The Hall–Kier alpha value is -1.40. The van der Waals surface area contributed by atoms with E-state index < -0.39 is 52.5 Å². The third-order valence-electron chi connectivity index (χ3n) is 8.75. The Morgan fingerprint density at radius 3 is 2.84 bits per heavy atom. The Kier molecular flexibility index (Phi) is 2.25. The minimum atomic E-state index is -1.11. The average Bonchev–Trinajstić information content (AvgIpc) is 3.22. The van der Waals surface area contributed by atoms with Gasteiger partial charge >= 0.3 is 11.9 Å². The number of aliphatic carboxylic acids is 1. The second-order valence-electron chi connectivity index (χ2n) is 9.38. The molecule has 0 unspecified atom stereocenters. The monoisotopic (exact) mass is 346 g/mol. The quantitative estimate of drug-likeness (QED) is 0.420. The van der Waals surface area contributed by atoms with E-state index in [-0.39, 0.29) is 11.9 Å². The van der Waals surface area contributed by atoms with Gasteiger partial charge in [-0.15, -0.1) is 0 Å². The zero-order valence-electron chi connectivity index (χ0n) is 14.1. The van der Waals surface area contributed by atoms with Gasteiger partial charge in [-0.05, 0) is 43.9 Å². The van der Waals surface area contributed by atoms with E-state index in [0.717, 1.165) is 24.8 Å². The molecule has 6 fully saturated rings. The van der Waals surface area contributed by atoms with Crippen molar-refractivity contribution in [2.24, 2.45) is 34.5 Å². The third kappa shape index (κ3) is 1.22. The summed E-state index contributed by atoms with van der Waals surface area (Å²) in [5, 5.41) is 21.3. The highest BCUT2D eigenvalue weighted by Gasteiger charge is 2.90. The van der Waals surface area contributed by atoms with Crippen LogP contribution in [-0.2, 0) is 19.1 Å². The topological polar surface area (TPSA) is 96.4 Å². The molecule has 6 aliphatic rings. The number of ether oxygens (including phenoxy) is 2. The lowest BCUT2D eigenvalue weighted by Gasteiger charge is -2.45. The molecule has 6 nitrogen and oxygen atoms in total. The molecule has 134 valence electrons. The molecule has 2 saturated heterocycles. The molecule has 10 atom stereocenters. The van der Waals surface area contributed by atoms with Crippen molar-refractivity contribution in [1.29, 1.82) is 0 Å². The van der Waals surface area contributed by atoms with Crippen LogP contribution < -0.4 is 0 Å². The predicted molar refractivity (Wildman–Crippen MR) is 83.2 cm³/mol. The highest BCUT2D eigenvalue weighted by Crippen LogP contribution is 2.79. The van der Waals surface area contributed by atoms with Crippen LogP contribution in [-0.4, -0.2) is 46.1 Å². The first-order chi connectivity index (χ1) is 11.8. The lowest BCUT2D eigenvalue weighted by Crippen LogP contribution is -2.59. The number of esters is 1. The van der Waals surface area contributed by atoms with Gasteiger partial charge in [0.1, 0.15) is 29.3 Å². The highest BCUT2D eigenvalue weighted by atomic mass is 16.6. The molecule has 4 aliphatic carbocycles. The van der Waals surface area contributed by atoms with E-state index in [9.17, 15) is 19.8 Å². The molecule has 2 heterocycles. The fourth-order valence-electron chi connectivity index (χ4n) is 7.99. The lowest BCUT2D eigenvalue weighted by molar-refractivity contribution is -0.178. The largest absolute Gasteiger partial charge is 0.481 e. The number of allylic oxidation sites excluding steroid dienone is 1. The van der Waals surface area contributed by atoms with Gasteiger partial charge in [0.15, 0.2) is 0 Å². The van der Waals surface area contributed by atoms with Gasteiger partial charge in [0, 0.05) is 11.8 Å². The fraction of sp³-hybridized carbons (Fsp3) is 0.789. The number of carbonyl (C=O) groups is 2. The van der Waals surface area contributed by atoms with Gasteiger partial charge in [-0.3, -0.25) is 9.59 Å². The van der Waals surface area contributed by atoms with Gasteiger partial charge in [-0.1, -0.05) is 12.2 Å². The minimum Gasteiger partial charge on any atom is -0.481 e. The molecule has 0 aromatic rings. The van der Waals surface area contributed by atoms with E-state index in [1.54, 1.807) is 6.92 Å². The van der Waals surface area contributed by atoms with Crippen molar-refractivity contribution in [3.05, 3.63) is 12.2 Å². The van der Waals surface area contributed by atoms with E-state index in [1.807, 2.05) is 0 Å². The number of epoxide rings is 1. The number of hydrogen-bond acceptors (Lipinski definition) is 5. The molecule has 2 aliphatic heterocycles. The van der Waals surface area contributed by atoms with E-state index >= 15 is 0 Å². The first kappa shape index (κ1) is 14.7. The summed E-state index contributed by atoms with van der Waals surface area (Å²) in [6.45, 7) is 6.01. The van der Waals surface area contributed by atoms with Gasteiger partial charge in [-0.2, -0.15) is 0 Å². The number of carbonyl (C=O) groups excluding carboxylic acids is 1. The van der Waals surface area contributed by atoms with E-state index in [1.165, 1.54) is 0 Å². The second kappa shape index (κ2) is 3.81. The zero-order chi connectivity index (χ0) is 17.5. The SMILES string of the molecule is C=C1C[C@]23C[C@H]1CC[C@H]2[C@@]12OC(=O)[C@@](C)([C@H]1[C@@H]3C(=O)O)[C@H]1O[C@H]1[C@H]2O. The first-order valence-corrected chi connectivity index (χ1v) is 9.26. The number of fused-ring (bicyclic) bond motifs is 3. The predicted octanol–water partition coefficient (Wildman–Crippen LogP) is 1.12. The van der Waals surface area contributed by atoms with Crippen LogP contribution in [0.15, 0.2) is 12.2 Å². The van der Waals surface area contributed by atoms with Crippen LogP contribution in [0.25, 0.3) is 0 Å². The van der Waals surface area contributed by atoms with Crippen LogP contribution in [0.2, 0.25) is 0 Å². The van der Waals surface area contributed by atoms with Gasteiger partial charge < -0.3 is 19.7 Å². The van der Waals surface area contributed by atoms with Gasteiger partial charge in [0.05, 0.1) is 5.92 Å². The molecular weight excluding hydrogens is 324 g/mol. The average molecular weight is 346 g/mol. The van der Waals surface area contributed by atoms with Crippen molar-refractivity contribution >= 4 is 11.9 Å². The summed E-state index contributed by atoms with van der Waals surface area (Å²) in [5.41, 5.74) is -1.40. The number of rotatable bonds is 1. The van der Waals surface area contributed by atoms with Crippen LogP contribution in [0.1, 0.15) is 32.6 Å². The molecule has 0 aromatic heterocycles. The highest BCUT2D eigenvalue weighted by molar-refractivity contribution is 5.86. The van der Waals surface area contributed by atoms with Crippen LogP contribution in [0, 0.1) is 34.5 Å². The minimum absolute atomic E-state index is 0.132. The maximum atomic E-state index is 12.9. The first-order valence-electron chi connectivity index (χ1n) is 9.26. The molecule has 0 amide bonds. The number of hydrogen-bond donors (Lipinski definition) is 2. The smallest absolute Gasteiger partial charge is 0.315 e. The maximum Gasteiger partial charge on any atom is 0.315 e. The van der Waals surface area contributed by atoms with Crippen molar-refractivity contribution in [3.8, 4) is 0 Å². The Morgan fingerprint density at radius 2 is 2.12 bits per heavy atom. The summed E-state index contributed by atoms with van der Waals surface area (Å²) in [6, 6.07) is 0. The van der Waals surface area contributed by atoms with Crippen molar-refractivity contribution < 1.29 is 29.3 Å². The number of carboxylic acids is 1. The van der Waals surface area contributed by atoms with E-state index in [0.29, 0.717) is 12.3 Å². The standard InChI is InChI=1S/C19H22O6/c1-7-5-18-6-8(7)3-4-9(18)19-12(10(18)15(21)22)17(2,16(23)25-19)14-11(24-14)13(19)20/h8-14,20H,1,3-6H2,2H3,(H,21,22)/t8-,9-,10-,11+,12-,13-,14+,17+,18+,19-/m1/s1. The molecule has 6 rings (SSSR count). The van der Waals surface area contributed by atoms with Crippen LogP contribution in [0.4, 0.5) is 0 Å². The van der Waals surface area contributed by atoms with Crippen LogP contribution >= 0.6 is 0 Å². The van der Waals surface area contributed by atoms with Gasteiger partial charge in [0.2, 0.25) is 0 Å². The zero-order valence-corrected chi connectivity index (χ0v) is 14.1. The summed E-state index contributed by atoms with van der Waals surface area (Å²) in [4.78, 5) is 25.3. The Morgan fingerprint density at radius 1 is 1.36 bits per heavy atom. The Bertz CT molecular complexity index is 761. The molecule has 1 spiro atoms. The molecule has 4 bridgehead atoms. The number of carboxylic acid groups (broad SMARTS) is 1. The molecule has 0 radical (unpaired) electrons. The summed E-state index contributed by atoms with van der Waals surface area (Å²) in [7, 11) is 0. The normalized spacial score (nSPS) is 62.9. The summed E-state index contributed by atoms with van der Waals surface area (Å²) in [5.74, 6) is -2.26. The fourth-order valence-corrected chi connectivity index (χ4v) is 7.99. The van der Waals surface area contributed by atoms with Crippen molar-refractivity contribution in [3.63, 3.8) is 0 Å². The third-order valence-corrected chi connectivity index (χ3v) is 8.75. The van der Waals surface area contributed by atoms with Crippen molar-refractivity contribution in [2.45, 2.75) is 56.5 Å². The molecule has 0 aromatic carbocycles. The lowest BCUT2D eigenvalue weighted by atomic mass is 9.59. The van der Waals surface area contributed by atoms with Crippen molar-refractivity contribution in [2.75, 3.05) is 0 Å². The van der Waals surface area contributed by atoms with Gasteiger partial charge in [0.25, 0.3) is 0 Å². The summed E-state index contributed by atoms with van der Waals surface area (Å²) >= 11 is 0. The number of aliphatic hydroxyl groups excluding tert-OH is 1. The molecular formula is C19H22O6. The van der Waals surface area contributed by atoms with Crippen LogP contribution in [0.5, 0.6) is 0 Å². The molecule has 4 saturated carbocycles. The Balaban J connectivity index is 1.63.